The molecule has 1 atom stereocenters. The number of carbonyl (C=O) groups is 2. The number of ketones is 1. The molecule has 0 radical (unpaired) electrons. The van der Waals surface area contributed by atoms with Crippen molar-refractivity contribution < 1.29 is 24.2 Å². The number of benzene rings is 2. The number of nitrogens with zero attached hydrogens (tertiary/aromatic N) is 2. The first kappa shape index (κ1) is 26.4. The summed E-state index contributed by atoms with van der Waals surface area (Å²) in [4.78, 5) is 30.1. The lowest BCUT2D eigenvalue weighted by Gasteiger charge is -2.27. The van der Waals surface area contributed by atoms with Crippen molar-refractivity contribution in [1.82, 2.24) is 9.80 Å². The molecule has 1 heterocycles. The van der Waals surface area contributed by atoms with E-state index in [-0.39, 0.29) is 22.6 Å². The number of phenols is 1. The zero-order valence-corrected chi connectivity index (χ0v) is 20.5. The lowest BCUT2D eigenvalue weighted by molar-refractivity contribution is -0.140. The van der Waals surface area contributed by atoms with Crippen molar-refractivity contribution in [2.75, 3.05) is 26.2 Å². The summed E-state index contributed by atoms with van der Waals surface area (Å²) < 4.78 is 13.4. The number of unbranched alkanes of at least 4 members (excludes halogenated alkanes) is 2. The molecular formula is C28H35FN2O4. The third-order valence-corrected chi connectivity index (χ3v) is 6.40. The van der Waals surface area contributed by atoms with Crippen molar-refractivity contribution in [2.24, 2.45) is 0 Å². The molecule has 0 aromatic heterocycles. The monoisotopic (exact) mass is 482 g/mol. The molecule has 0 spiro atoms. The molecule has 1 aliphatic heterocycles. The molecular weight excluding hydrogens is 447 g/mol. The maximum absolute atomic E-state index is 13.4. The SMILES string of the molecule is CCCCN(CCCC)CCCN1C(=O)C(=O)/C(=C(/O)c2ccc(F)cc2)C1c1ccc(O)cc1. The van der Waals surface area contributed by atoms with Gasteiger partial charge in [0.1, 0.15) is 17.3 Å². The van der Waals surface area contributed by atoms with Gasteiger partial charge in [0.05, 0.1) is 11.6 Å². The number of hydrogen-bond donors (Lipinski definition) is 2. The molecule has 0 bridgehead atoms. The van der Waals surface area contributed by atoms with Gasteiger partial charge < -0.3 is 20.0 Å². The van der Waals surface area contributed by atoms with Crippen molar-refractivity contribution in [3.8, 4) is 5.75 Å². The van der Waals surface area contributed by atoms with Crippen LogP contribution in [0, 0.1) is 5.82 Å². The standard InChI is InChI=1S/C28H35FN2O4/c1-3-5-16-30(17-6-4-2)18-7-19-31-25(20-10-14-23(32)15-11-20)24(27(34)28(31)35)26(33)21-8-12-22(29)13-9-21/h8-15,25,32-33H,3-7,16-19H2,1-2H3/b26-24+. The number of aromatic hydroxyl groups is 1. The van der Waals surface area contributed by atoms with E-state index in [0.717, 1.165) is 45.3 Å². The van der Waals surface area contributed by atoms with Crippen LogP contribution in [0.5, 0.6) is 5.75 Å². The van der Waals surface area contributed by atoms with Crippen LogP contribution in [0.4, 0.5) is 4.39 Å². The molecule has 7 heteroatoms. The van der Waals surface area contributed by atoms with Gasteiger partial charge in [-0.1, -0.05) is 38.8 Å². The highest BCUT2D eigenvalue weighted by atomic mass is 19.1. The average Bonchev–Trinajstić information content (AvgIpc) is 3.10. The van der Waals surface area contributed by atoms with Crippen molar-refractivity contribution in [3.63, 3.8) is 0 Å². The highest BCUT2D eigenvalue weighted by Gasteiger charge is 2.45. The largest absolute Gasteiger partial charge is 0.508 e. The Morgan fingerprint density at radius 1 is 0.914 bits per heavy atom. The normalized spacial score (nSPS) is 17.5. The number of carbonyl (C=O) groups excluding carboxylic acids is 2. The molecule has 3 rings (SSSR count). The van der Waals surface area contributed by atoms with Gasteiger partial charge in [-0.25, -0.2) is 4.39 Å². The van der Waals surface area contributed by atoms with Gasteiger partial charge in [0, 0.05) is 12.1 Å². The summed E-state index contributed by atoms with van der Waals surface area (Å²) in [5.74, 6) is -2.17. The van der Waals surface area contributed by atoms with Gasteiger partial charge in [-0.05, 0) is 80.9 Å². The zero-order chi connectivity index (χ0) is 25.4. The molecule has 1 amide bonds. The smallest absolute Gasteiger partial charge is 0.295 e. The van der Waals surface area contributed by atoms with Crippen molar-refractivity contribution in [2.45, 2.75) is 52.0 Å². The summed E-state index contributed by atoms with van der Waals surface area (Å²) in [6, 6.07) is 10.6. The fourth-order valence-electron chi connectivity index (χ4n) is 4.44. The second kappa shape index (κ2) is 12.5. The molecule has 35 heavy (non-hydrogen) atoms. The highest BCUT2D eigenvalue weighted by Crippen LogP contribution is 2.39. The van der Waals surface area contributed by atoms with E-state index in [4.69, 9.17) is 0 Å². The maximum Gasteiger partial charge on any atom is 0.295 e. The van der Waals surface area contributed by atoms with E-state index in [0.29, 0.717) is 18.5 Å². The van der Waals surface area contributed by atoms with Crippen LogP contribution < -0.4 is 0 Å². The Hall–Kier alpha value is -3.19. The Kier molecular flexibility index (Phi) is 9.43. The minimum absolute atomic E-state index is 0.0267. The van der Waals surface area contributed by atoms with E-state index >= 15 is 0 Å². The van der Waals surface area contributed by atoms with E-state index in [9.17, 15) is 24.2 Å². The first-order valence-corrected chi connectivity index (χ1v) is 12.4. The van der Waals surface area contributed by atoms with Gasteiger partial charge in [0.2, 0.25) is 0 Å². The average molecular weight is 483 g/mol. The number of aliphatic hydroxyl groups is 1. The molecule has 1 aliphatic rings. The van der Waals surface area contributed by atoms with Crippen LogP contribution in [0.25, 0.3) is 5.76 Å². The van der Waals surface area contributed by atoms with Gasteiger partial charge >= 0.3 is 0 Å². The van der Waals surface area contributed by atoms with Gasteiger partial charge in [-0.2, -0.15) is 0 Å². The predicted molar refractivity (Wildman–Crippen MR) is 134 cm³/mol. The second-order valence-electron chi connectivity index (χ2n) is 8.99. The van der Waals surface area contributed by atoms with Gasteiger partial charge in [0.15, 0.2) is 0 Å². The second-order valence-corrected chi connectivity index (χ2v) is 8.99. The number of phenolic OH excluding ortho intramolecular Hbond substituents is 1. The van der Waals surface area contributed by atoms with Crippen LogP contribution in [-0.4, -0.2) is 57.9 Å². The molecule has 2 N–H and O–H groups in total. The first-order valence-electron chi connectivity index (χ1n) is 12.4. The maximum atomic E-state index is 13.4. The number of rotatable bonds is 12. The van der Waals surface area contributed by atoms with Gasteiger partial charge in [-0.15, -0.1) is 0 Å². The van der Waals surface area contributed by atoms with Crippen molar-refractivity contribution in [1.29, 1.82) is 0 Å². The first-order chi connectivity index (χ1) is 16.9. The highest BCUT2D eigenvalue weighted by molar-refractivity contribution is 6.46. The van der Waals surface area contributed by atoms with Crippen LogP contribution in [0.1, 0.15) is 63.1 Å². The fraction of sp³-hybridized carbons (Fsp3) is 0.429. The molecule has 2 aromatic rings. The molecule has 1 unspecified atom stereocenters. The van der Waals surface area contributed by atoms with E-state index in [2.05, 4.69) is 18.7 Å². The zero-order valence-electron chi connectivity index (χ0n) is 20.5. The van der Waals surface area contributed by atoms with E-state index in [1.54, 1.807) is 12.1 Å². The van der Waals surface area contributed by atoms with E-state index in [1.165, 1.54) is 41.3 Å². The van der Waals surface area contributed by atoms with E-state index < -0.39 is 23.5 Å². The molecule has 1 fully saturated rings. The summed E-state index contributed by atoms with van der Waals surface area (Å²) >= 11 is 0. The quantitative estimate of drug-likeness (QED) is 0.246. The molecule has 6 nitrogen and oxygen atoms in total. The van der Waals surface area contributed by atoms with Crippen molar-refractivity contribution >= 4 is 17.4 Å². The minimum Gasteiger partial charge on any atom is -0.508 e. The number of likely N-dealkylation sites (tertiary alicyclic amines) is 1. The summed E-state index contributed by atoms with van der Waals surface area (Å²) in [6.07, 6.45) is 5.13. The number of amides is 1. The molecule has 0 saturated carbocycles. The number of Topliss-reactive ketones (excluding diaryl/α,β-unsaturated/α-hetero) is 1. The molecule has 188 valence electrons. The predicted octanol–water partition coefficient (Wildman–Crippen LogP) is 5.25. The fourth-order valence-corrected chi connectivity index (χ4v) is 4.44. The third kappa shape index (κ3) is 6.48. The number of aliphatic hydroxyl groups excluding tert-OH is 1. The Morgan fingerprint density at radius 3 is 2.06 bits per heavy atom. The van der Waals surface area contributed by atoms with Crippen LogP contribution in [0.3, 0.4) is 0 Å². The van der Waals surface area contributed by atoms with Crippen LogP contribution in [0.15, 0.2) is 54.1 Å². The van der Waals surface area contributed by atoms with Crippen molar-refractivity contribution in [3.05, 3.63) is 71.0 Å². The molecule has 0 aliphatic carbocycles. The van der Waals surface area contributed by atoms with E-state index in [1.807, 2.05) is 0 Å². The van der Waals surface area contributed by atoms with Crippen LogP contribution in [-0.2, 0) is 9.59 Å². The number of hydrogen-bond acceptors (Lipinski definition) is 5. The Labute approximate surface area is 206 Å². The Balaban J connectivity index is 1.90. The third-order valence-electron chi connectivity index (χ3n) is 6.40. The summed E-state index contributed by atoms with van der Waals surface area (Å²) in [5.41, 5.74) is 0.846. The lowest BCUT2D eigenvalue weighted by Crippen LogP contribution is -2.34. The van der Waals surface area contributed by atoms with Crippen LogP contribution >= 0.6 is 0 Å². The Bertz CT molecular complexity index is 1030. The summed E-state index contributed by atoms with van der Waals surface area (Å²) in [5, 5.41) is 20.8. The summed E-state index contributed by atoms with van der Waals surface area (Å²) in [6.45, 7) is 7.49. The topological polar surface area (TPSA) is 81.1 Å². The number of halogens is 1. The molecule has 1 saturated heterocycles. The Morgan fingerprint density at radius 2 is 1.49 bits per heavy atom. The molecule has 2 aromatic carbocycles. The van der Waals surface area contributed by atoms with Gasteiger partial charge in [-0.3, -0.25) is 9.59 Å². The van der Waals surface area contributed by atoms with Crippen LogP contribution in [0.2, 0.25) is 0 Å². The lowest BCUT2D eigenvalue weighted by atomic mass is 9.95. The minimum atomic E-state index is -0.791. The van der Waals surface area contributed by atoms with Gasteiger partial charge in [0.25, 0.3) is 11.7 Å². The summed E-state index contributed by atoms with van der Waals surface area (Å²) in [7, 11) is 0.